The minimum absolute atomic E-state index is 0.433. The van der Waals surface area contributed by atoms with E-state index in [4.69, 9.17) is 24.2 Å². The number of ether oxygens (including phenoxy) is 4. The van der Waals surface area contributed by atoms with Crippen molar-refractivity contribution in [3.8, 4) is 6.07 Å². The third-order valence-corrected chi connectivity index (χ3v) is 5.62. The number of rotatable bonds is 28. The second kappa shape index (κ2) is 30.3. The molecular weight excluding hydrogens is 402 g/mol. The molecule has 0 unspecified atom stereocenters. The van der Waals surface area contributed by atoms with Crippen molar-refractivity contribution in [1.82, 2.24) is 0 Å². The van der Waals surface area contributed by atoms with Crippen molar-refractivity contribution in [2.45, 2.75) is 116 Å². The molecule has 0 saturated carbocycles. The summed E-state index contributed by atoms with van der Waals surface area (Å²) in [4.78, 5) is 0. The van der Waals surface area contributed by atoms with Crippen molar-refractivity contribution in [1.29, 1.82) is 5.26 Å². The van der Waals surface area contributed by atoms with Crippen LogP contribution in [0.1, 0.15) is 116 Å². The molecule has 32 heavy (non-hydrogen) atoms. The van der Waals surface area contributed by atoms with Crippen LogP contribution in [0.3, 0.4) is 0 Å². The van der Waals surface area contributed by atoms with Gasteiger partial charge in [0.2, 0.25) is 0 Å². The second-order valence-corrected chi connectivity index (χ2v) is 8.66. The molecule has 0 aromatic rings. The van der Waals surface area contributed by atoms with E-state index >= 15 is 0 Å². The van der Waals surface area contributed by atoms with Gasteiger partial charge in [-0.3, -0.25) is 0 Å². The lowest BCUT2D eigenvalue weighted by Gasteiger charge is -2.07. The number of unbranched alkanes of at least 4 members (excludes halogenated alkanes) is 15. The molecule has 190 valence electrons. The molecule has 0 aliphatic heterocycles. The molecule has 5 nitrogen and oxygen atoms in total. The molecule has 0 rings (SSSR count). The van der Waals surface area contributed by atoms with Gasteiger partial charge in [0.1, 0.15) is 0 Å². The van der Waals surface area contributed by atoms with Gasteiger partial charge in [0.25, 0.3) is 0 Å². The highest BCUT2D eigenvalue weighted by molar-refractivity contribution is 4.66. The van der Waals surface area contributed by atoms with Crippen LogP contribution in [-0.4, -0.2) is 52.9 Å². The van der Waals surface area contributed by atoms with Gasteiger partial charge in [-0.05, 0) is 6.42 Å². The van der Waals surface area contributed by atoms with Gasteiger partial charge in [0.05, 0.1) is 58.7 Å². The van der Waals surface area contributed by atoms with Crippen LogP contribution in [0.5, 0.6) is 0 Å². The summed E-state index contributed by atoms with van der Waals surface area (Å²) in [5.74, 6) is 0. The van der Waals surface area contributed by atoms with Gasteiger partial charge in [0, 0.05) is 6.61 Å². The third-order valence-electron chi connectivity index (χ3n) is 5.62. The zero-order valence-electron chi connectivity index (χ0n) is 21.3. The predicted molar refractivity (Wildman–Crippen MR) is 133 cm³/mol. The van der Waals surface area contributed by atoms with Crippen LogP contribution in [0, 0.1) is 11.3 Å². The summed E-state index contributed by atoms with van der Waals surface area (Å²) in [7, 11) is 0. The van der Waals surface area contributed by atoms with Gasteiger partial charge in [-0.25, -0.2) is 0 Å². The molecule has 0 bridgehead atoms. The van der Waals surface area contributed by atoms with Crippen LogP contribution in [-0.2, 0) is 18.9 Å². The Kier molecular flexibility index (Phi) is 29.7. The maximum atomic E-state index is 8.38. The maximum absolute atomic E-state index is 8.38. The Morgan fingerprint density at radius 3 is 1.09 bits per heavy atom. The van der Waals surface area contributed by atoms with Crippen LogP contribution < -0.4 is 0 Å². The highest BCUT2D eigenvalue weighted by Gasteiger charge is 1.96. The number of nitriles is 1. The molecule has 0 fully saturated rings. The number of hydrogen-bond donors (Lipinski definition) is 0. The molecular formula is C27H53NO4. The van der Waals surface area contributed by atoms with Gasteiger partial charge < -0.3 is 18.9 Å². The van der Waals surface area contributed by atoms with E-state index in [-0.39, 0.29) is 0 Å². The fourth-order valence-electron chi connectivity index (χ4n) is 3.63. The van der Waals surface area contributed by atoms with Gasteiger partial charge >= 0.3 is 0 Å². The Morgan fingerprint density at radius 2 is 0.719 bits per heavy atom. The van der Waals surface area contributed by atoms with Gasteiger partial charge in [0.15, 0.2) is 0 Å². The van der Waals surface area contributed by atoms with E-state index in [0.717, 1.165) is 13.0 Å². The first-order chi connectivity index (χ1) is 15.9. The number of hydrogen-bond acceptors (Lipinski definition) is 5. The smallest absolute Gasteiger partial charge is 0.0701 e. The summed E-state index contributed by atoms with van der Waals surface area (Å²) >= 11 is 0. The summed E-state index contributed by atoms with van der Waals surface area (Å²) in [6.07, 6.45) is 22.7. The van der Waals surface area contributed by atoms with Crippen LogP contribution in [0.2, 0.25) is 0 Å². The van der Waals surface area contributed by atoms with Crippen molar-refractivity contribution < 1.29 is 18.9 Å². The Bertz CT molecular complexity index is 373. The molecule has 0 aliphatic rings. The third kappa shape index (κ3) is 29.3. The van der Waals surface area contributed by atoms with E-state index in [0.29, 0.717) is 52.7 Å². The minimum atomic E-state index is 0.433. The van der Waals surface area contributed by atoms with E-state index in [2.05, 4.69) is 6.92 Å². The first kappa shape index (κ1) is 31.3. The molecule has 0 radical (unpaired) electrons. The summed E-state index contributed by atoms with van der Waals surface area (Å²) < 4.78 is 21.7. The molecule has 0 aromatic carbocycles. The zero-order valence-corrected chi connectivity index (χ0v) is 21.3. The van der Waals surface area contributed by atoms with Crippen LogP contribution in [0.15, 0.2) is 0 Å². The minimum Gasteiger partial charge on any atom is -0.379 e. The first-order valence-electron chi connectivity index (χ1n) is 13.6. The van der Waals surface area contributed by atoms with Gasteiger partial charge in [-0.2, -0.15) is 5.26 Å². The normalized spacial score (nSPS) is 11.1. The van der Waals surface area contributed by atoms with Crippen molar-refractivity contribution in [2.24, 2.45) is 0 Å². The Morgan fingerprint density at radius 1 is 0.406 bits per heavy atom. The summed E-state index contributed by atoms with van der Waals surface area (Å²) in [6.45, 7) is 7.13. The van der Waals surface area contributed by atoms with Crippen LogP contribution in [0.4, 0.5) is 0 Å². The SMILES string of the molecule is CCCCCCCCCCCCCCCCCCOCCOCCOCCOCCC#N. The average Bonchev–Trinajstić information content (AvgIpc) is 2.81. The van der Waals surface area contributed by atoms with Crippen molar-refractivity contribution >= 4 is 0 Å². The van der Waals surface area contributed by atoms with Gasteiger partial charge in [-0.15, -0.1) is 0 Å². The van der Waals surface area contributed by atoms with E-state index in [9.17, 15) is 0 Å². The van der Waals surface area contributed by atoms with E-state index in [1.807, 2.05) is 6.07 Å². The fraction of sp³-hybridized carbons (Fsp3) is 0.963. The monoisotopic (exact) mass is 455 g/mol. The Balaban J connectivity index is 2.99. The summed E-state index contributed by atoms with van der Waals surface area (Å²) in [5.41, 5.74) is 0. The maximum Gasteiger partial charge on any atom is 0.0701 e. The topological polar surface area (TPSA) is 60.7 Å². The summed E-state index contributed by atoms with van der Waals surface area (Å²) in [6, 6.07) is 2.04. The van der Waals surface area contributed by atoms with Gasteiger partial charge in [-0.1, -0.05) is 103 Å². The van der Waals surface area contributed by atoms with E-state index < -0.39 is 0 Å². The lowest BCUT2D eigenvalue weighted by atomic mass is 10.0. The Hall–Kier alpha value is -0.670. The second-order valence-electron chi connectivity index (χ2n) is 8.66. The zero-order chi connectivity index (χ0) is 23.2. The first-order valence-corrected chi connectivity index (χ1v) is 13.6. The largest absolute Gasteiger partial charge is 0.379 e. The molecule has 0 saturated heterocycles. The molecule has 0 heterocycles. The van der Waals surface area contributed by atoms with Crippen LogP contribution in [0.25, 0.3) is 0 Å². The number of nitrogens with zero attached hydrogens (tertiary/aromatic N) is 1. The predicted octanol–water partition coefficient (Wildman–Crippen LogP) is 7.23. The Labute approximate surface area is 199 Å². The lowest BCUT2D eigenvalue weighted by molar-refractivity contribution is -0.00160. The lowest BCUT2D eigenvalue weighted by Crippen LogP contribution is -2.12. The average molecular weight is 456 g/mol. The van der Waals surface area contributed by atoms with Crippen molar-refractivity contribution in [2.75, 3.05) is 52.9 Å². The summed E-state index contributed by atoms with van der Waals surface area (Å²) in [5, 5.41) is 8.38. The van der Waals surface area contributed by atoms with E-state index in [1.54, 1.807) is 0 Å². The standard InChI is InChI=1S/C27H53NO4/c1-2-3-4-5-6-7-8-9-10-11-12-13-14-15-16-17-20-29-22-24-31-26-27-32-25-23-30-21-18-19-28/h2-18,20-27H2,1H3. The molecule has 0 N–H and O–H groups in total. The highest BCUT2D eigenvalue weighted by Crippen LogP contribution is 2.13. The van der Waals surface area contributed by atoms with Crippen molar-refractivity contribution in [3.63, 3.8) is 0 Å². The quantitative estimate of drug-likeness (QED) is 0.116. The molecule has 0 aromatic heterocycles. The van der Waals surface area contributed by atoms with E-state index in [1.165, 1.54) is 96.3 Å². The molecule has 0 amide bonds. The van der Waals surface area contributed by atoms with Crippen LogP contribution >= 0.6 is 0 Å². The highest BCUT2D eigenvalue weighted by atomic mass is 16.6. The fourth-order valence-corrected chi connectivity index (χ4v) is 3.63. The molecule has 0 spiro atoms. The molecule has 5 heteroatoms. The molecule has 0 aliphatic carbocycles. The molecule has 0 atom stereocenters. The van der Waals surface area contributed by atoms with Crippen molar-refractivity contribution in [3.05, 3.63) is 0 Å².